The number of hydrogen-bond acceptors (Lipinski definition) is 3. The zero-order valence-electron chi connectivity index (χ0n) is 13.0. The fourth-order valence-electron chi connectivity index (χ4n) is 2.71. The highest BCUT2D eigenvalue weighted by molar-refractivity contribution is 7.71. The first-order valence-corrected chi connectivity index (χ1v) is 7.51. The monoisotopic (exact) mass is 292 g/mol. The fourth-order valence-corrected chi connectivity index (χ4v) is 3.05. The van der Waals surface area contributed by atoms with Crippen molar-refractivity contribution in [3.8, 4) is 0 Å². The van der Waals surface area contributed by atoms with E-state index in [0.717, 1.165) is 28.9 Å². The van der Waals surface area contributed by atoms with Crippen LogP contribution in [0, 0.1) is 17.6 Å². The molecule has 1 N–H and O–H groups in total. The number of fused-ring (bicyclic) bond motifs is 1. The van der Waals surface area contributed by atoms with Gasteiger partial charge in [0.1, 0.15) is 0 Å². The number of hydrogen-bond donors (Lipinski definition) is 1. The number of aryl methyl sites for hydroxylation is 1. The number of rotatable bonds is 5. The van der Waals surface area contributed by atoms with Crippen molar-refractivity contribution in [2.75, 3.05) is 20.6 Å². The van der Waals surface area contributed by atoms with Crippen LogP contribution in [0.4, 0.5) is 0 Å². The van der Waals surface area contributed by atoms with Gasteiger partial charge in [0.25, 0.3) is 0 Å². The zero-order chi connectivity index (χ0) is 14.9. The smallest absolute Gasteiger partial charge is 0.179 e. The Hall–Kier alpha value is -1.20. The summed E-state index contributed by atoms with van der Waals surface area (Å²) < 4.78 is 2.96. The van der Waals surface area contributed by atoms with Crippen LogP contribution in [0.5, 0.6) is 0 Å². The Morgan fingerprint density at radius 3 is 2.70 bits per heavy atom. The van der Waals surface area contributed by atoms with Crippen molar-refractivity contribution in [1.29, 1.82) is 0 Å². The highest BCUT2D eigenvalue weighted by Crippen LogP contribution is 2.25. The molecule has 0 aliphatic carbocycles. The Bertz CT molecular complexity index is 629. The van der Waals surface area contributed by atoms with Crippen LogP contribution in [0.2, 0.25) is 0 Å². The number of aromatic amines is 1. The van der Waals surface area contributed by atoms with Gasteiger partial charge in [-0.2, -0.15) is 0 Å². The van der Waals surface area contributed by atoms with Gasteiger partial charge in [0, 0.05) is 12.7 Å². The SMILES string of the molecule is Cc1ccnc2c1[nH]c(=S)n2C(CC(C)C)CN(C)C. The first-order valence-electron chi connectivity index (χ1n) is 7.10. The average molecular weight is 292 g/mol. The van der Waals surface area contributed by atoms with Crippen LogP contribution in [0.25, 0.3) is 11.2 Å². The van der Waals surface area contributed by atoms with Crippen LogP contribution < -0.4 is 0 Å². The van der Waals surface area contributed by atoms with Gasteiger partial charge in [0.2, 0.25) is 0 Å². The Labute approximate surface area is 125 Å². The largest absolute Gasteiger partial charge is 0.329 e. The minimum atomic E-state index is 0.348. The molecule has 110 valence electrons. The summed E-state index contributed by atoms with van der Waals surface area (Å²) in [6, 6.07) is 2.36. The summed E-state index contributed by atoms with van der Waals surface area (Å²) in [6.45, 7) is 7.55. The maximum Gasteiger partial charge on any atom is 0.179 e. The number of nitrogens with zero attached hydrogens (tertiary/aromatic N) is 3. The van der Waals surface area contributed by atoms with Crippen LogP contribution in [0.1, 0.15) is 31.9 Å². The quantitative estimate of drug-likeness (QED) is 0.856. The zero-order valence-corrected chi connectivity index (χ0v) is 13.8. The molecule has 2 aromatic rings. The molecule has 4 nitrogen and oxygen atoms in total. The van der Waals surface area contributed by atoms with E-state index in [0.29, 0.717) is 12.0 Å². The van der Waals surface area contributed by atoms with Crippen LogP contribution in [-0.2, 0) is 0 Å². The molecule has 0 aliphatic rings. The standard InChI is InChI=1S/C15H24N4S/c1-10(2)8-12(9-18(4)5)19-14-13(17-15(19)20)11(3)6-7-16-14/h6-7,10,12H,8-9H2,1-5H3,(H,17,20). The first-order chi connectivity index (χ1) is 9.40. The molecule has 0 aromatic carbocycles. The van der Waals surface area contributed by atoms with E-state index in [1.807, 2.05) is 12.3 Å². The molecule has 0 bridgehead atoms. The van der Waals surface area contributed by atoms with E-state index in [-0.39, 0.29) is 0 Å². The van der Waals surface area contributed by atoms with Crippen molar-refractivity contribution in [3.05, 3.63) is 22.6 Å². The summed E-state index contributed by atoms with van der Waals surface area (Å²) in [5, 5.41) is 0. The minimum Gasteiger partial charge on any atom is -0.329 e. The number of likely N-dealkylation sites (N-methyl/N-ethyl adjacent to an activating group) is 1. The van der Waals surface area contributed by atoms with Gasteiger partial charge < -0.3 is 9.88 Å². The molecule has 0 fully saturated rings. The average Bonchev–Trinajstić information content (AvgIpc) is 2.65. The van der Waals surface area contributed by atoms with Gasteiger partial charge in [-0.05, 0) is 57.2 Å². The van der Waals surface area contributed by atoms with E-state index in [1.54, 1.807) is 0 Å². The van der Waals surface area contributed by atoms with Gasteiger partial charge in [-0.25, -0.2) is 4.98 Å². The van der Waals surface area contributed by atoms with E-state index in [4.69, 9.17) is 12.2 Å². The Kier molecular flexibility index (Phi) is 4.60. The minimum absolute atomic E-state index is 0.348. The summed E-state index contributed by atoms with van der Waals surface area (Å²) in [5.41, 5.74) is 3.22. The molecule has 0 amide bonds. The Morgan fingerprint density at radius 2 is 2.10 bits per heavy atom. The Balaban J connectivity index is 2.55. The molecule has 1 atom stereocenters. The van der Waals surface area contributed by atoms with Gasteiger partial charge in [-0.15, -0.1) is 0 Å². The third-order valence-corrected chi connectivity index (χ3v) is 3.80. The number of imidazole rings is 1. The van der Waals surface area contributed by atoms with E-state index < -0.39 is 0 Å². The van der Waals surface area contributed by atoms with E-state index >= 15 is 0 Å². The van der Waals surface area contributed by atoms with Crippen molar-refractivity contribution in [2.45, 2.75) is 33.2 Å². The first kappa shape index (κ1) is 15.2. The second-order valence-electron chi connectivity index (χ2n) is 6.17. The lowest BCUT2D eigenvalue weighted by Gasteiger charge is -2.24. The number of pyridine rings is 1. The maximum absolute atomic E-state index is 5.54. The fraction of sp³-hybridized carbons (Fsp3) is 0.600. The molecule has 2 aromatic heterocycles. The van der Waals surface area contributed by atoms with Crippen molar-refractivity contribution in [3.63, 3.8) is 0 Å². The van der Waals surface area contributed by atoms with E-state index in [1.165, 1.54) is 5.56 Å². The summed E-state index contributed by atoms with van der Waals surface area (Å²) in [4.78, 5) is 10.1. The van der Waals surface area contributed by atoms with Gasteiger partial charge in [-0.3, -0.25) is 4.57 Å². The Morgan fingerprint density at radius 1 is 1.40 bits per heavy atom. The van der Waals surface area contributed by atoms with Gasteiger partial charge in [-0.1, -0.05) is 13.8 Å². The topological polar surface area (TPSA) is 36.9 Å². The van der Waals surface area contributed by atoms with Crippen molar-refractivity contribution >= 4 is 23.4 Å². The van der Waals surface area contributed by atoms with Gasteiger partial charge >= 0.3 is 0 Å². The normalized spacial score (nSPS) is 13.6. The van der Waals surface area contributed by atoms with Crippen molar-refractivity contribution in [2.24, 2.45) is 5.92 Å². The summed E-state index contributed by atoms with van der Waals surface area (Å²) in [7, 11) is 4.20. The van der Waals surface area contributed by atoms with Crippen LogP contribution >= 0.6 is 12.2 Å². The molecule has 20 heavy (non-hydrogen) atoms. The molecule has 5 heteroatoms. The lowest BCUT2D eigenvalue weighted by molar-refractivity contribution is 0.290. The maximum atomic E-state index is 5.54. The molecular weight excluding hydrogens is 268 g/mol. The molecule has 0 saturated carbocycles. The summed E-state index contributed by atoms with van der Waals surface area (Å²) in [6.07, 6.45) is 2.95. The van der Waals surface area contributed by atoms with Gasteiger partial charge in [0.05, 0.1) is 11.6 Å². The summed E-state index contributed by atoms with van der Waals surface area (Å²) in [5.74, 6) is 0.622. The number of aromatic nitrogens is 3. The second-order valence-corrected chi connectivity index (χ2v) is 6.56. The number of H-pyrrole nitrogens is 1. The lowest BCUT2D eigenvalue weighted by Crippen LogP contribution is -2.26. The third-order valence-electron chi connectivity index (χ3n) is 3.50. The number of nitrogens with one attached hydrogen (secondary N) is 1. The van der Waals surface area contributed by atoms with Crippen LogP contribution in [0.3, 0.4) is 0 Å². The highest BCUT2D eigenvalue weighted by atomic mass is 32.1. The predicted molar refractivity (Wildman–Crippen MR) is 86.7 cm³/mol. The molecule has 0 spiro atoms. The molecule has 2 rings (SSSR count). The second kappa shape index (κ2) is 6.06. The van der Waals surface area contributed by atoms with E-state index in [9.17, 15) is 0 Å². The molecular formula is C15H24N4S. The molecule has 1 unspecified atom stereocenters. The molecule has 2 heterocycles. The predicted octanol–water partition coefficient (Wildman–Crippen LogP) is 3.55. The van der Waals surface area contributed by atoms with Gasteiger partial charge in [0.15, 0.2) is 10.4 Å². The van der Waals surface area contributed by atoms with Crippen LogP contribution in [-0.4, -0.2) is 40.1 Å². The summed E-state index contributed by atoms with van der Waals surface area (Å²) >= 11 is 5.54. The van der Waals surface area contributed by atoms with Crippen molar-refractivity contribution in [1.82, 2.24) is 19.4 Å². The van der Waals surface area contributed by atoms with Crippen molar-refractivity contribution < 1.29 is 0 Å². The molecule has 0 aliphatic heterocycles. The molecule has 0 saturated heterocycles. The van der Waals surface area contributed by atoms with E-state index in [2.05, 4.69) is 54.3 Å². The highest BCUT2D eigenvalue weighted by Gasteiger charge is 2.19. The van der Waals surface area contributed by atoms with Crippen LogP contribution in [0.15, 0.2) is 12.3 Å². The lowest BCUT2D eigenvalue weighted by atomic mass is 10.0. The third kappa shape index (κ3) is 3.10. The molecule has 0 radical (unpaired) electrons.